The molecule has 0 bridgehead atoms. The molecule has 0 saturated heterocycles. The van der Waals surface area contributed by atoms with Crippen LogP contribution in [-0.4, -0.2) is 11.7 Å². The number of ether oxygens (including phenoxy) is 1. The maximum absolute atomic E-state index is 13.3. The summed E-state index contributed by atoms with van der Waals surface area (Å²) in [5, 5.41) is 0.257. The Morgan fingerprint density at radius 3 is 2.44 bits per heavy atom. The van der Waals surface area contributed by atoms with Crippen LogP contribution in [0, 0.1) is 0 Å². The third-order valence-electron chi connectivity index (χ3n) is 4.93. The summed E-state index contributed by atoms with van der Waals surface area (Å²) in [6.45, 7) is 0. The van der Waals surface area contributed by atoms with Crippen LogP contribution in [-0.2, 0) is 11.9 Å². The van der Waals surface area contributed by atoms with E-state index in [0.29, 0.717) is 5.52 Å². The van der Waals surface area contributed by atoms with Gasteiger partial charge in [0, 0.05) is 16.7 Å². The lowest BCUT2D eigenvalue weighted by Gasteiger charge is -2.17. The first kappa shape index (κ1) is 22.3. The Labute approximate surface area is 191 Å². The van der Waals surface area contributed by atoms with Crippen molar-refractivity contribution in [3.05, 3.63) is 99.3 Å². The second kappa shape index (κ2) is 8.92. The van der Waals surface area contributed by atoms with E-state index < -0.39 is 22.3 Å². The Morgan fingerprint density at radius 2 is 1.75 bits per heavy atom. The number of nitrogens with zero attached hydrogens (tertiary/aromatic N) is 1. The number of benzene rings is 3. The third-order valence-corrected chi connectivity index (χ3v) is 6.31. The van der Waals surface area contributed by atoms with E-state index >= 15 is 0 Å². The number of alkyl halides is 3. The van der Waals surface area contributed by atoms with E-state index in [4.69, 9.17) is 16.3 Å². The molecule has 32 heavy (non-hydrogen) atoms. The van der Waals surface area contributed by atoms with Crippen molar-refractivity contribution >= 4 is 34.3 Å². The van der Waals surface area contributed by atoms with Crippen molar-refractivity contribution in [3.63, 3.8) is 0 Å². The Balaban J connectivity index is 1.79. The van der Waals surface area contributed by atoms with Crippen molar-refractivity contribution in [2.75, 3.05) is 7.11 Å². The van der Waals surface area contributed by atoms with E-state index in [1.165, 1.54) is 23.3 Å². The van der Waals surface area contributed by atoms with Crippen molar-refractivity contribution in [1.82, 2.24) is 4.57 Å². The van der Waals surface area contributed by atoms with Crippen molar-refractivity contribution in [1.29, 1.82) is 0 Å². The number of methoxy groups -OCH3 is 1. The second-order valence-corrected chi connectivity index (χ2v) is 8.46. The van der Waals surface area contributed by atoms with Crippen LogP contribution in [0.1, 0.15) is 11.1 Å². The molecule has 0 amide bonds. The highest BCUT2D eigenvalue weighted by Gasteiger charge is 2.34. The summed E-state index contributed by atoms with van der Waals surface area (Å²) in [5.41, 5.74) is 0.442. The van der Waals surface area contributed by atoms with Crippen molar-refractivity contribution < 1.29 is 17.9 Å². The molecule has 1 aromatic heterocycles. The predicted molar refractivity (Wildman–Crippen MR) is 122 cm³/mol. The molecular formula is C24H17ClF3NO2S. The summed E-state index contributed by atoms with van der Waals surface area (Å²) in [6.07, 6.45) is -4.64. The first-order chi connectivity index (χ1) is 15.3. The molecule has 0 aliphatic rings. The van der Waals surface area contributed by atoms with Gasteiger partial charge in [-0.3, -0.25) is 9.36 Å². The van der Waals surface area contributed by atoms with Crippen LogP contribution < -0.4 is 10.3 Å². The van der Waals surface area contributed by atoms with Crippen LogP contribution in [0.2, 0.25) is 5.02 Å². The van der Waals surface area contributed by atoms with Gasteiger partial charge in [-0.05, 0) is 47.3 Å². The highest BCUT2D eigenvalue weighted by Crippen LogP contribution is 2.40. The average molecular weight is 476 g/mol. The number of halogens is 4. The van der Waals surface area contributed by atoms with Gasteiger partial charge in [-0.25, -0.2) is 0 Å². The first-order valence-corrected chi connectivity index (χ1v) is 10.9. The Bertz CT molecular complexity index is 1340. The van der Waals surface area contributed by atoms with Crippen molar-refractivity contribution in [3.8, 4) is 11.4 Å². The maximum atomic E-state index is 13.3. The second-order valence-electron chi connectivity index (χ2n) is 7.00. The fourth-order valence-electron chi connectivity index (χ4n) is 3.40. The Kier molecular flexibility index (Phi) is 6.22. The summed E-state index contributed by atoms with van der Waals surface area (Å²) in [6, 6.07) is 20.6. The fourth-order valence-corrected chi connectivity index (χ4v) is 4.57. The summed E-state index contributed by atoms with van der Waals surface area (Å²) in [4.78, 5) is 13.7. The molecule has 0 saturated carbocycles. The summed E-state index contributed by atoms with van der Waals surface area (Å²) in [7, 11) is 1.25. The molecule has 1 heterocycles. The van der Waals surface area contributed by atoms with Gasteiger partial charge in [-0.15, -0.1) is 11.8 Å². The molecule has 0 spiro atoms. The molecule has 8 heteroatoms. The summed E-state index contributed by atoms with van der Waals surface area (Å²) >= 11 is 7.58. The van der Waals surface area contributed by atoms with Gasteiger partial charge in [0.05, 0.1) is 28.9 Å². The number of pyridine rings is 1. The summed E-state index contributed by atoms with van der Waals surface area (Å²) in [5.74, 6) is 0.688. The van der Waals surface area contributed by atoms with Gasteiger partial charge in [0.25, 0.3) is 5.56 Å². The van der Waals surface area contributed by atoms with Gasteiger partial charge < -0.3 is 4.74 Å². The van der Waals surface area contributed by atoms with Gasteiger partial charge in [0.1, 0.15) is 5.75 Å². The lowest BCUT2D eigenvalue weighted by Crippen LogP contribution is -2.19. The fraction of sp³-hybridized carbons (Fsp3) is 0.125. The van der Waals surface area contributed by atoms with Gasteiger partial charge in [-0.2, -0.15) is 13.2 Å². The van der Waals surface area contributed by atoms with E-state index in [1.807, 2.05) is 42.5 Å². The third kappa shape index (κ3) is 4.49. The van der Waals surface area contributed by atoms with Crippen LogP contribution >= 0.6 is 23.4 Å². The number of fused-ring (bicyclic) bond motifs is 1. The molecule has 0 fully saturated rings. The zero-order chi connectivity index (χ0) is 22.9. The van der Waals surface area contributed by atoms with Gasteiger partial charge >= 0.3 is 6.18 Å². The molecule has 0 unspecified atom stereocenters. The van der Waals surface area contributed by atoms with E-state index in [0.717, 1.165) is 28.2 Å². The average Bonchev–Trinajstić information content (AvgIpc) is 2.77. The topological polar surface area (TPSA) is 31.2 Å². The van der Waals surface area contributed by atoms with Gasteiger partial charge in [0.2, 0.25) is 0 Å². The number of aromatic nitrogens is 1. The first-order valence-electron chi connectivity index (χ1n) is 9.55. The van der Waals surface area contributed by atoms with Crippen molar-refractivity contribution in [2.24, 2.45) is 0 Å². The minimum Gasteiger partial charge on any atom is -0.495 e. The van der Waals surface area contributed by atoms with Crippen LogP contribution in [0.4, 0.5) is 13.2 Å². The molecular weight excluding hydrogens is 459 g/mol. The normalized spacial score (nSPS) is 11.7. The molecule has 0 atom stereocenters. The van der Waals surface area contributed by atoms with Crippen LogP contribution in [0.5, 0.6) is 5.75 Å². The van der Waals surface area contributed by atoms with Crippen LogP contribution in [0.25, 0.3) is 16.6 Å². The largest absolute Gasteiger partial charge is 0.495 e. The highest BCUT2D eigenvalue weighted by atomic mass is 35.5. The molecule has 0 aliphatic heterocycles. The molecule has 0 aliphatic carbocycles. The van der Waals surface area contributed by atoms with Gasteiger partial charge in [0.15, 0.2) is 0 Å². The highest BCUT2D eigenvalue weighted by molar-refractivity contribution is 7.98. The lowest BCUT2D eigenvalue weighted by atomic mass is 10.1. The maximum Gasteiger partial charge on any atom is 0.417 e. The molecule has 3 aromatic carbocycles. The zero-order valence-corrected chi connectivity index (χ0v) is 18.4. The predicted octanol–water partition coefficient (Wildman–Crippen LogP) is 6.96. The molecule has 0 N–H and O–H groups in total. The Morgan fingerprint density at radius 1 is 1.00 bits per heavy atom. The van der Waals surface area contributed by atoms with E-state index in [-0.39, 0.29) is 11.4 Å². The molecule has 3 nitrogen and oxygen atoms in total. The number of thioether (sulfide) groups is 1. The summed E-state index contributed by atoms with van der Waals surface area (Å²) < 4.78 is 46.3. The monoisotopic (exact) mass is 475 g/mol. The van der Waals surface area contributed by atoms with Crippen LogP contribution in [0.15, 0.2) is 82.5 Å². The van der Waals surface area contributed by atoms with Crippen LogP contribution in [0.3, 0.4) is 0 Å². The molecule has 0 radical (unpaired) electrons. The van der Waals surface area contributed by atoms with E-state index in [2.05, 4.69) is 0 Å². The lowest BCUT2D eigenvalue weighted by molar-refractivity contribution is -0.137. The zero-order valence-electron chi connectivity index (χ0n) is 16.8. The number of rotatable bonds is 5. The van der Waals surface area contributed by atoms with E-state index in [9.17, 15) is 18.0 Å². The van der Waals surface area contributed by atoms with E-state index in [1.54, 1.807) is 23.9 Å². The molecule has 4 rings (SSSR count). The van der Waals surface area contributed by atoms with Gasteiger partial charge in [-0.1, -0.05) is 41.9 Å². The molecule has 4 aromatic rings. The standard InChI is InChI=1S/C24H17ClF3NO2S/c1-31-22-12-18(24(26,27)28)19(25)13-21(22)29-20-9-8-17(11-16(20)7-10-23(29)30)32-14-15-5-3-2-4-6-15/h2-13H,14H2,1H3. The number of hydrogen-bond acceptors (Lipinski definition) is 3. The minimum atomic E-state index is -4.64. The molecule has 164 valence electrons. The minimum absolute atomic E-state index is 0.0983. The number of hydrogen-bond donors (Lipinski definition) is 0. The Hall–Kier alpha value is -2.90. The SMILES string of the molecule is COc1cc(C(F)(F)F)c(Cl)cc1-n1c(=O)ccc2cc(SCc3ccccc3)ccc21. The quantitative estimate of drug-likeness (QED) is 0.292. The smallest absolute Gasteiger partial charge is 0.417 e. The van der Waals surface area contributed by atoms with Crippen molar-refractivity contribution in [2.45, 2.75) is 16.8 Å².